The maximum Gasteiger partial charge on any atom is 0.262 e. The molecule has 3 aromatic rings. The van der Waals surface area contributed by atoms with E-state index in [2.05, 4.69) is 25.8 Å². The van der Waals surface area contributed by atoms with Crippen LogP contribution in [0, 0.1) is 20.8 Å². The molecule has 0 fully saturated rings. The van der Waals surface area contributed by atoms with Crippen molar-refractivity contribution < 1.29 is 14.3 Å². The van der Waals surface area contributed by atoms with E-state index in [-0.39, 0.29) is 24.0 Å². The van der Waals surface area contributed by atoms with E-state index in [4.69, 9.17) is 9.47 Å². The maximum absolute atomic E-state index is 12.3. The zero-order valence-corrected chi connectivity index (χ0v) is 18.4. The zero-order valence-electron chi connectivity index (χ0n) is 18.4. The Labute approximate surface area is 185 Å². The molecule has 1 amide bonds. The van der Waals surface area contributed by atoms with Gasteiger partial charge in [0.1, 0.15) is 0 Å². The van der Waals surface area contributed by atoms with Crippen LogP contribution in [0.15, 0.2) is 52.4 Å². The molecule has 1 heterocycles. The van der Waals surface area contributed by atoms with Gasteiger partial charge in [-0.05, 0) is 56.2 Å². The number of carbonyl (C=O) groups excluding carboxylic acids is 1. The lowest BCUT2D eigenvalue weighted by atomic mass is 10.1. The third-order valence-electron chi connectivity index (χ3n) is 4.46. The Hall–Kier alpha value is -4.14. The van der Waals surface area contributed by atoms with Crippen molar-refractivity contribution >= 4 is 23.8 Å². The topological polar surface area (TPSA) is 118 Å². The molecule has 0 bridgehead atoms. The Bertz CT molecular complexity index is 1200. The summed E-state index contributed by atoms with van der Waals surface area (Å²) in [6.45, 7) is 5.49. The SMILES string of the molecule is COc1cc(/C=N/Nc2nc(C)cc(=O)[nH]2)ccc1OCC(=O)Nc1ccc(C)cc1C. The molecule has 3 rings (SSSR count). The van der Waals surface area contributed by atoms with E-state index in [1.54, 1.807) is 31.3 Å². The van der Waals surface area contributed by atoms with Gasteiger partial charge in [0, 0.05) is 17.4 Å². The van der Waals surface area contributed by atoms with Gasteiger partial charge in [0.15, 0.2) is 18.1 Å². The number of anilines is 2. The molecule has 0 aliphatic carbocycles. The van der Waals surface area contributed by atoms with Gasteiger partial charge in [-0.15, -0.1) is 0 Å². The highest BCUT2D eigenvalue weighted by atomic mass is 16.5. The first kappa shape index (κ1) is 22.5. The lowest BCUT2D eigenvalue weighted by Gasteiger charge is -2.12. The van der Waals surface area contributed by atoms with E-state index in [9.17, 15) is 9.59 Å². The number of H-pyrrole nitrogens is 1. The van der Waals surface area contributed by atoms with Gasteiger partial charge < -0.3 is 14.8 Å². The maximum atomic E-state index is 12.3. The number of nitrogens with one attached hydrogen (secondary N) is 3. The summed E-state index contributed by atoms with van der Waals surface area (Å²) in [4.78, 5) is 30.4. The molecular weight excluding hydrogens is 410 g/mol. The number of hydrogen-bond donors (Lipinski definition) is 3. The number of methoxy groups -OCH3 is 1. The first-order valence-corrected chi connectivity index (χ1v) is 9.89. The molecule has 0 aliphatic heterocycles. The molecule has 0 aliphatic rings. The van der Waals surface area contributed by atoms with Crippen molar-refractivity contribution in [2.75, 3.05) is 24.5 Å². The quantitative estimate of drug-likeness (QED) is 0.370. The molecule has 32 heavy (non-hydrogen) atoms. The molecule has 166 valence electrons. The van der Waals surface area contributed by atoms with E-state index < -0.39 is 0 Å². The summed E-state index contributed by atoms with van der Waals surface area (Å²) in [7, 11) is 1.51. The smallest absolute Gasteiger partial charge is 0.262 e. The van der Waals surface area contributed by atoms with Gasteiger partial charge in [0.25, 0.3) is 11.5 Å². The fourth-order valence-electron chi connectivity index (χ4n) is 2.97. The molecule has 1 aromatic heterocycles. The van der Waals surface area contributed by atoms with Gasteiger partial charge in [-0.25, -0.2) is 10.4 Å². The summed E-state index contributed by atoms with van der Waals surface area (Å²) < 4.78 is 11.0. The Kier molecular flexibility index (Phi) is 7.22. The monoisotopic (exact) mass is 435 g/mol. The molecule has 0 unspecified atom stereocenters. The minimum atomic E-state index is -0.270. The number of hydrazone groups is 1. The van der Waals surface area contributed by atoms with E-state index in [0.29, 0.717) is 17.2 Å². The first-order valence-electron chi connectivity index (χ1n) is 9.89. The number of rotatable bonds is 8. The third kappa shape index (κ3) is 6.18. The van der Waals surface area contributed by atoms with Crippen LogP contribution in [0.2, 0.25) is 0 Å². The Morgan fingerprint density at radius 1 is 1.12 bits per heavy atom. The van der Waals surface area contributed by atoms with Crippen molar-refractivity contribution in [3.05, 3.63) is 75.2 Å². The van der Waals surface area contributed by atoms with E-state index in [1.165, 1.54) is 13.2 Å². The van der Waals surface area contributed by atoms with Crippen LogP contribution in [-0.4, -0.2) is 35.8 Å². The molecule has 9 nitrogen and oxygen atoms in total. The highest BCUT2D eigenvalue weighted by molar-refractivity contribution is 5.92. The molecule has 0 radical (unpaired) electrons. The number of aromatic amines is 1. The minimum Gasteiger partial charge on any atom is -0.493 e. The summed E-state index contributed by atoms with van der Waals surface area (Å²) >= 11 is 0. The number of hydrogen-bond acceptors (Lipinski definition) is 7. The Morgan fingerprint density at radius 2 is 1.94 bits per heavy atom. The van der Waals surface area contributed by atoms with Gasteiger partial charge in [0.05, 0.1) is 13.3 Å². The number of aryl methyl sites for hydroxylation is 3. The summed E-state index contributed by atoms with van der Waals surface area (Å²) in [5.74, 6) is 0.856. The number of carbonyl (C=O) groups is 1. The van der Waals surface area contributed by atoms with Gasteiger partial charge in [-0.3, -0.25) is 14.6 Å². The zero-order chi connectivity index (χ0) is 23.1. The fourth-order valence-corrected chi connectivity index (χ4v) is 2.97. The number of amides is 1. The van der Waals surface area contributed by atoms with Crippen LogP contribution >= 0.6 is 0 Å². The van der Waals surface area contributed by atoms with Crippen molar-refractivity contribution in [1.82, 2.24) is 9.97 Å². The van der Waals surface area contributed by atoms with Gasteiger partial charge >= 0.3 is 0 Å². The van der Waals surface area contributed by atoms with Crippen LogP contribution in [0.1, 0.15) is 22.4 Å². The molecular formula is C23H25N5O4. The van der Waals surface area contributed by atoms with Crippen molar-refractivity contribution in [2.45, 2.75) is 20.8 Å². The summed E-state index contributed by atoms with van der Waals surface area (Å²) in [6, 6.07) is 12.4. The first-order chi connectivity index (χ1) is 15.3. The van der Waals surface area contributed by atoms with Crippen molar-refractivity contribution in [2.24, 2.45) is 5.10 Å². The molecule has 0 saturated carbocycles. The molecule has 0 saturated heterocycles. The van der Waals surface area contributed by atoms with Crippen LogP contribution in [-0.2, 0) is 4.79 Å². The second-order valence-electron chi connectivity index (χ2n) is 7.17. The van der Waals surface area contributed by atoms with Crippen LogP contribution < -0.4 is 25.8 Å². The Morgan fingerprint density at radius 3 is 2.66 bits per heavy atom. The molecule has 9 heteroatoms. The summed E-state index contributed by atoms with van der Waals surface area (Å²) in [5.41, 5.74) is 6.57. The highest BCUT2D eigenvalue weighted by Crippen LogP contribution is 2.27. The molecule has 0 atom stereocenters. The highest BCUT2D eigenvalue weighted by Gasteiger charge is 2.10. The third-order valence-corrected chi connectivity index (χ3v) is 4.46. The van der Waals surface area contributed by atoms with E-state index in [1.807, 2.05) is 32.0 Å². The average molecular weight is 435 g/mol. The van der Waals surface area contributed by atoms with E-state index in [0.717, 1.165) is 22.4 Å². The normalized spacial score (nSPS) is 10.8. The van der Waals surface area contributed by atoms with Gasteiger partial charge in [-0.1, -0.05) is 17.7 Å². The van der Waals surface area contributed by atoms with Crippen LogP contribution in [0.3, 0.4) is 0 Å². The van der Waals surface area contributed by atoms with Crippen LogP contribution in [0.25, 0.3) is 0 Å². The molecule has 2 aromatic carbocycles. The predicted octanol–water partition coefficient (Wildman–Crippen LogP) is 3.17. The second kappa shape index (κ2) is 10.3. The molecule has 0 spiro atoms. The average Bonchev–Trinajstić information content (AvgIpc) is 2.74. The minimum absolute atomic E-state index is 0.162. The van der Waals surface area contributed by atoms with Crippen LogP contribution in [0.5, 0.6) is 11.5 Å². The van der Waals surface area contributed by atoms with Crippen molar-refractivity contribution in [1.29, 1.82) is 0 Å². The summed E-state index contributed by atoms with van der Waals surface area (Å²) in [5, 5.41) is 6.91. The largest absolute Gasteiger partial charge is 0.493 e. The lowest BCUT2D eigenvalue weighted by Crippen LogP contribution is -2.20. The summed E-state index contributed by atoms with van der Waals surface area (Å²) in [6.07, 6.45) is 1.54. The standard InChI is InChI=1S/C23H25N5O4/c1-14-5-7-18(15(2)9-14)26-22(30)13-32-19-8-6-17(11-20(19)31-4)12-24-28-23-25-16(3)10-21(29)27-23/h5-12H,13H2,1-4H3,(H,26,30)(H2,25,27,28,29)/b24-12+. The van der Waals surface area contributed by atoms with Gasteiger partial charge in [0.2, 0.25) is 5.95 Å². The molecule has 3 N–H and O–H groups in total. The number of aromatic nitrogens is 2. The van der Waals surface area contributed by atoms with E-state index >= 15 is 0 Å². The Balaban J connectivity index is 1.60. The second-order valence-corrected chi connectivity index (χ2v) is 7.17. The van der Waals surface area contributed by atoms with Gasteiger partial charge in [-0.2, -0.15) is 5.10 Å². The number of nitrogens with zero attached hydrogens (tertiary/aromatic N) is 2. The predicted molar refractivity (Wildman–Crippen MR) is 124 cm³/mol. The van der Waals surface area contributed by atoms with Crippen molar-refractivity contribution in [3.8, 4) is 11.5 Å². The van der Waals surface area contributed by atoms with Crippen LogP contribution in [0.4, 0.5) is 11.6 Å². The van der Waals surface area contributed by atoms with Crippen molar-refractivity contribution in [3.63, 3.8) is 0 Å². The fraction of sp³-hybridized carbons (Fsp3) is 0.217. The number of benzene rings is 2. The lowest BCUT2D eigenvalue weighted by molar-refractivity contribution is -0.118. The number of ether oxygens (including phenoxy) is 2.